The van der Waals surface area contributed by atoms with E-state index in [4.69, 9.17) is 5.11 Å². The zero-order chi connectivity index (χ0) is 11.7. The highest BCUT2D eigenvalue weighted by Gasteiger charge is 2.15. The summed E-state index contributed by atoms with van der Waals surface area (Å²) in [6.07, 6.45) is 2.19. The van der Waals surface area contributed by atoms with Gasteiger partial charge in [0, 0.05) is 6.04 Å². The predicted octanol–water partition coefficient (Wildman–Crippen LogP) is 1.54. The number of carbonyl (C=O) groups is 2. The minimum Gasteiger partial charge on any atom is -0.481 e. The highest BCUT2D eigenvalue weighted by molar-refractivity contribution is 5.71. The zero-order valence-electron chi connectivity index (χ0n) is 8.86. The van der Waals surface area contributed by atoms with Crippen LogP contribution in [0.25, 0.3) is 0 Å². The van der Waals surface area contributed by atoms with Gasteiger partial charge in [-0.25, -0.2) is 4.79 Å². The molecule has 0 aliphatic rings. The van der Waals surface area contributed by atoms with Crippen LogP contribution < -0.4 is 5.32 Å². The Balaban J connectivity index is 3.97. The molecule has 0 rings (SSSR count). The lowest BCUT2D eigenvalue weighted by molar-refractivity contribution is -0.137. The molecule has 0 saturated heterocycles. The molecule has 0 heterocycles. The van der Waals surface area contributed by atoms with Crippen molar-refractivity contribution in [1.29, 1.82) is 0 Å². The molecule has 0 aliphatic carbocycles. The number of rotatable bonds is 7. The highest BCUT2D eigenvalue weighted by atomic mass is 16.5. The molecule has 1 amide bonds. The van der Waals surface area contributed by atoms with Crippen molar-refractivity contribution in [3.8, 4) is 0 Å². The zero-order valence-corrected chi connectivity index (χ0v) is 8.86. The third-order valence-electron chi connectivity index (χ3n) is 1.71. The lowest BCUT2D eigenvalue weighted by Crippen LogP contribution is -2.36. The fraction of sp³-hybridized carbons (Fsp3) is 0.600. The van der Waals surface area contributed by atoms with Crippen molar-refractivity contribution in [2.75, 3.05) is 6.61 Å². The lowest BCUT2D eigenvalue weighted by atomic mass is 10.1. The largest absolute Gasteiger partial charge is 0.481 e. The Morgan fingerprint density at radius 2 is 2.27 bits per heavy atom. The van der Waals surface area contributed by atoms with E-state index in [1.165, 1.54) is 6.08 Å². The van der Waals surface area contributed by atoms with E-state index in [0.717, 1.165) is 6.42 Å². The number of amides is 1. The molecule has 2 N–H and O–H groups in total. The van der Waals surface area contributed by atoms with Crippen LogP contribution in [0.3, 0.4) is 0 Å². The van der Waals surface area contributed by atoms with Crippen LogP contribution in [-0.4, -0.2) is 29.8 Å². The molecule has 5 heteroatoms. The molecule has 0 aromatic heterocycles. The van der Waals surface area contributed by atoms with Crippen LogP contribution >= 0.6 is 0 Å². The molecule has 0 aromatic carbocycles. The second-order valence-corrected chi connectivity index (χ2v) is 3.11. The molecular formula is C10H17NO4. The van der Waals surface area contributed by atoms with Gasteiger partial charge in [0.1, 0.15) is 6.61 Å². The number of carboxylic acid groups (broad SMARTS) is 1. The van der Waals surface area contributed by atoms with E-state index in [1.54, 1.807) is 0 Å². The Hall–Kier alpha value is -1.52. The van der Waals surface area contributed by atoms with Crippen LogP contribution in [0.15, 0.2) is 12.7 Å². The van der Waals surface area contributed by atoms with Crippen molar-refractivity contribution in [3.63, 3.8) is 0 Å². The first-order valence-corrected chi connectivity index (χ1v) is 4.86. The summed E-state index contributed by atoms with van der Waals surface area (Å²) in [6, 6.07) is -0.371. The molecule has 0 saturated carbocycles. The number of ether oxygens (including phenoxy) is 1. The average molecular weight is 215 g/mol. The molecule has 86 valence electrons. The maximum absolute atomic E-state index is 11.1. The van der Waals surface area contributed by atoms with Gasteiger partial charge in [-0.2, -0.15) is 0 Å². The Morgan fingerprint density at radius 1 is 1.60 bits per heavy atom. The Labute approximate surface area is 89.1 Å². The van der Waals surface area contributed by atoms with Crippen molar-refractivity contribution in [1.82, 2.24) is 5.32 Å². The number of hydrogen-bond acceptors (Lipinski definition) is 3. The molecule has 0 bridgehead atoms. The normalized spacial score (nSPS) is 11.5. The van der Waals surface area contributed by atoms with E-state index in [-0.39, 0.29) is 19.1 Å². The maximum atomic E-state index is 11.1. The number of aliphatic carboxylic acids is 1. The number of carboxylic acids is 1. The molecular weight excluding hydrogens is 198 g/mol. The maximum Gasteiger partial charge on any atom is 0.407 e. The average Bonchev–Trinajstić information content (AvgIpc) is 2.14. The van der Waals surface area contributed by atoms with Gasteiger partial charge in [0.15, 0.2) is 0 Å². The van der Waals surface area contributed by atoms with E-state index in [2.05, 4.69) is 16.6 Å². The summed E-state index contributed by atoms with van der Waals surface area (Å²) in [7, 11) is 0. The van der Waals surface area contributed by atoms with Crippen LogP contribution in [0.1, 0.15) is 26.2 Å². The van der Waals surface area contributed by atoms with Crippen LogP contribution in [-0.2, 0) is 9.53 Å². The van der Waals surface area contributed by atoms with Crippen LogP contribution in [0, 0.1) is 0 Å². The Bertz CT molecular complexity index is 227. The summed E-state index contributed by atoms with van der Waals surface area (Å²) in [5.74, 6) is -0.933. The van der Waals surface area contributed by atoms with E-state index in [0.29, 0.717) is 6.42 Å². The molecule has 0 fully saturated rings. The fourth-order valence-corrected chi connectivity index (χ4v) is 1.13. The first kappa shape index (κ1) is 13.5. The number of nitrogens with one attached hydrogen (secondary N) is 1. The van der Waals surface area contributed by atoms with Crippen molar-refractivity contribution in [3.05, 3.63) is 12.7 Å². The summed E-state index contributed by atoms with van der Waals surface area (Å²) >= 11 is 0. The number of alkyl carbamates (subject to hydrolysis) is 1. The molecule has 0 aliphatic heterocycles. The monoisotopic (exact) mass is 215 g/mol. The van der Waals surface area contributed by atoms with Gasteiger partial charge in [-0.3, -0.25) is 4.79 Å². The van der Waals surface area contributed by atoms with E-state index >= 15 is 0 Å². The SMILES string of the molecule is C=CCOC(=O)NC(CCC)CC(=O)O. The molecule has 1 atom stereocenters. The summed E-state index contributed by atoms with van der Waals surface area (Å²) in [4.78, 5) is 21.6. The van der Waals surface area contributed by atoms with Crippen molar-refractivity contribution < 1.29 is 19.4 Å². The van der Waals surface area contributed by atoms with Gasteiger partial charge in [-0.1, -0.05) is 26.0 Å². The van der Waals surface area contributed by atoms with Crippen molar-refractivity contribution in [2.24, 2.45) is 0 Å². The molecule has 0 aromatic rings. The van der Waals surface area contributed by atoms with Gasteiger partial charge in [0.25, 0.3) is 0 Å². The summed E-state index contributed by atoms with van der Waals surface area (Å²) in [6.45, 7) is 5.44. The van der Waals surface area contributed by atoms with Crippen LogP contribution in [0.4, 0.5) is 4.79 Å². The standard InChI is InChI=1S/C10H17NO4/c1-3-5-8(7-9(12)13)11-10(14)15-6-4-2/h4,8H,2-3,5-7H2,1H3,(H,11,14)(H,12,13). The fourth-order valence-electron chi connectivity index (χ4n) is 1.13. The summed E-state index contributed by atoms with van der Waals surface area (Å²) in [5, 5.41) is 11.1. The van der Waals surface area contributed by atoms with Gasteiger partial charge in [-0.15, -0.1) is 0 Å². The van der Waals surface area contributed by atoms with Crippen molar-refractivity contribution >= 4 is 12.1 Å². The topological polar surface area (TPSA) is 75.6 Å². The Kier molecular flexibility index (Phi) is 7.05. The van der Waals surface area contributed by atoms with Crippen LogP contribution in [0.5, 0.6) is 0 Å². The first-order valence-electron chi connectivity index (χ1n) is 4.86. The molecule has 15 heavy (non-hydrogen) atoms. The van der Waals surface area contributed by atoms with Gasteiger partial charge in [0.2, 0.25) is 0 Å². The van der Waals surface area contributed by atoms with Gasteiger partial charge in [0.05, 0.1) is 6.42 Å². The van der Waals surface area contributed by atoms with E-state index < -0.39 is 12.1 Å². The smallest absolute Gasteiger partial charge is 0.407 e. The van der Waals surface area contributed by atoms with Gasteiger partial charge in [-0.05, 0) is 6.42 Å². The molecule has 1 unspecified atom stereocenters. The van der Waals surface area contributed by atoms with Crippen molar-refractivity contribution in [2.45, 2.75) is 32.2 Å². The minimum atomic E-state index is -0.933. The molecule has 0 radical (unpaired) electrons. The minimum absolute atomic E-state index is 0.0863. The first-order chi connectivity index (χ1) is 7.10. The van der Waals surface area contributed by atoms with Gasteiger partial charge >= 0.3 is 12.1 Å². The summed E-state index contributed by atoms with van der Waals surface area (Å²) < 4.78 is 4.69. The molecule has 5 nitrogen and oxygen atoms in total. The van der Waals surface area contributed by atoms with Gasteiger partial charge < -0.3 is 15.2 Å². The quantitative estimate of drug-likeness (QED) is 0.632. The van der Waals surface area contributed by atoms with E-state index in [1.807, 2.05) is 6.92 Å². The highest BCUT2D eigenvalue weighted by Crippen LogP contribution is 2.02. The van der Waals surface area contributed by atoms with E-state index in [9.17, 15) is 9.59 Å². The lowest BCUT2D eigenvalue weighted by Gasteiger charge is -2.15. The second-order valence-electron chi connectivity index (χ2n) is 3.11. The molecule has 0 spiro atoms. The third-order valence-corrected chi connectivity index (χ3v) is 1.71. The summed E-state index contributed by atoms with van der Waals surface area (Å²) in [5.41, 5.74) is 0. The van der Waals surface area contributed by atoms with Crippen LogP contribution in [0.2, 0.25) is 0 Å². The Morgan fingerprint density at radius 3 is 2.73 bits per heavy atom. The predicted molar refractivity (Wildman–Crippen MR) is 55.6 cm³/mol. The number of carbonyl (C=O) groups excluding carboxylic acids is 1. The number of hydrogen-bond donors (Lipinski definition) is 2. The third kappa shape index (κ3) is 7.54. The second kappa shape index (κ2) is 7.84.